The summed E-state index contributed by atoms with van der Waals surface area (Å²) in [5.41, 5.74) is 0.683. The Morgan fingerprint density at radius 2 is 1.96 bits per heavy atom. The molecule has 2 aromatic heterocycles. The molecule has 8 nitrogen and oxygen atoms in total. The molecule has 1 N–H and O–H groups in total. The number of likely N-dealkylation sites (tertiary alicyclic amines) is 1. The molecule has 2 amide bonds. The number of halogens is 1. The number of hydrogen-bond acceptors (Lipinski definition) is 4. The number of amides is 2. The second-order valence-corrected chi connectivity index (χ2v) is 6.23. The zero-order chi connectivity index (χ0) is 19.0. The Balaban J connectivity index is 1.56. The van der Waals surface area contributed by atoms with Crippen molar-refractivity contribution in [1.29, 1.82) is 0 Å². The van der Waals surface area contributed by atoms with Crippen LogP contribution in [0.5, 0.6) is 0 Å². The maximum absolute atomic E-state index is 13.9. The Kier molecular flexibility index (Phi) is 4.19. The van der Waals surface area contributed by atoms with Crippen LogP contribution in [0, 0.1) is 5.82 Å². The van der Waals surface area contributed by atoms with Gasteiger partial charge >= 0.3 is 0 Å². The topological polar surface area (TPSA) is 85.0 Å². The van der Waals surface area contributed by atoms with E-state index in [1.807, 2.05) is 0 Å². The van der Waals surface area contributed by atoms with Crippen LogP contribution < -0.4 is 5.32 Å². The molecule has 9 heteroatoms. The van der Waals surface area contributed by atoms with Crippen LogP contribution in [0.1, 0.15) is 27.3 Å². The van der Waals surface area contributed by atoms with E-state index in [1.165, 1.54) is 21.6 Å². The number of anilines is 1. The van der Waals surface area contributed by atoms with E-state index in [4.69, 9.17) is 0 Å². The van der Waals surface area contributed by atoms with Gasteiger partial charge in [0.15, 0.2) is 5.82 Å². The largest absolute Gasteiger partial charge is 0.338 e. The van der Waals surface area contributed by atoms with Gasteiger partial charge in [0.2, 0.25) is 0 Å². The zero-order valence-corrected chi connectivity index (χ0v) is 14.6. The molecule has 0 unspecified atom stereocenters. The number of para-hydroxylation sites is 1. The molecule has 0 atom stereocenters. The molecule has 138 valence electrons. The summed E-state index contributed by atoms with van der Waals surface area (Å²) in [5, 5.41) is 10.9. The molecule has 0 saturated carbocycles. The number of aryl methyl sites for hydroxylation is 1. The van der Waals surface area contributed by atoms with E-state index < -0.39 is 11.7 Å². The average molecular weight is 368 g/mol. The monoisotopic (exact) mass is 368 g/mol. The van der Waals surface area contributed by atoms with Crippen molar-refractivity contribution in [2.45, 2.75) is 6.42 Å². The van der Waals surface area contributed by atoms with Gasteiger partial charge in [-0.2, -0.15) is 5.10 Å². The highest BCUT2D eigenvalue weighted by atomic mass is 19.1. The molecule has 3 heterocycles. The number of hydrogen-bond donors (Lipinski definition) is 1. The van der Waals surface area contributed by atoms with E-state index in [9.17, 15) is 14.0 Å². The number of nitrogens with zero attached hydrogens (tertiary/aromatic N) is 5. The molecule has 0 spiro atoms. The maximum Gasteiger partial charge on any atom is 0.275 e. The van der Waals surface area contributed by atoms with Gasteiger partial charge in [0.05, 0.1) is 11.8 Å². The van der Waals surface area contributed by atoms with Crippen molar-refractivity contribution in [3.8, 4) is 5.69 Å². The molecule has 4 rings (SSSR count). The third kappa shape index (κ3) is 3.07. The summed E-state index contributed by atoms with van der Waals surface area (Å²) >= 11 is 0. The Morgan fingerprint density at radius 1 is 1.19 bits per heavy atom. The van der Waals surface area contributed by atoms with E-state index in [0.717, 1.165) is 6.42 Å². The third-order valence-electron chi connectivity index (χ3n) is 4.46. The van der Waals surface area contributed by atoms with Gasteiger partial charge in [-0.3, -0.25) is 14.3 Å². The number of benzene rings is 1. The highest BCUT2D eigenvalue weighted by Gasteiger charge is 2.28. The molecular formula is C18H17FN6O2. The molecule has 0 aliphatic carbocycles. The smallest absolute Gasteiger partial charge is 0.275 e. The summed E-state index contributed by atoms with van der Waals surface area (Å²) in [5.74, 6) is -0.895. The quantitative estimate of drug-likeness (QED) is 0.762. The summed E-state index contributed by atoms with van der Waals surface area (Å²) in [6.45, 7) is 1.36. The van der Waals surface area contributed by atoms with Gasteiger partial charge in [0, 0.05) is 32.4 Å². The summed E-state index contributed by atoms with van der Waals surface area (Å²) in [7, 11) is 1.60. The molecular weight excluding hydrogens is 351 g/mol. The lowest BCUT2D eigenvalue weighted by Crippen LogP contribution is -2.42. The lowest BCUT2D eigenvalue weighted by Gasteiger charge is -2.30. The van der Waals surface area contributed by atoms with Gasteiger partial charge in [0.1, 0.15) is 17.2 Å². The number of nitrogens with one attached hydrogen (secondary N) is 1. The first-order valence-electron chi connectivity index (χ1n) is 8.48. The predicted molar refractivity (Wildman–Crippen MR) is 95.2 cm³/mol. The summed E-state index contributed by atoms with van der Waals surface area (Å²) < 4.78 is 16.6. The van der Waals surface area contributed by atoms with Gasteiger partial charge in [-0.05, 0) is 18.6 Å². The molecule has 0 bridgehead atoms. The summed E-state index contributed by atoms with van der Waals surface area (Å²) in [6, 6.07) is 7.75. The maximum atomic E-state index is 13.9. The van der Waals surface area contributed by atoms with E-state index in [0.29, 0.717) is 13.1 Å². The zero-order valence-electron chi connectivity index (χ0n) is 14.6. The lowest BCUT2D eigenvalue weighted by molar-refractivity contribution is 0.0648. The van der Waals surface area contributed by atoms with Gasteiger partial charge in [-0.1, -0.05) is 12.1 Å². The van der Waals surface area contributed by atoms with Crippen molar-refractivity contribution in [2.24, 2.45) is 7.05 Å². The van der Waals surface area contributed by atoms with Crippen molar-refractivity contribution < 1.29 is 14.0 Å². The van der Waals surface area contributed by atoms with Crippen LogP contribution in [-0.2, 0) is 7.05 Å². The van der Waals surface area contributed by atoms with Gasteiger partial charge < -0.3 is 10.2 Å². The van der Waals surface area contributed by atoms with Crippen molar-refractivity contribution in [2.75, 3.05) is 18.4 Å². The highest BCUT2D eigenvalue weighted by Crippen LogP contribution is 2.18. The minimum atomic E-state index is -0.502. The fourth-order valence-corrected chi connectivity index (χ4v) is 2.89. The third-order valence-corrected chi connectivity index (χ3v) is 4.46. The summed E-state index contributed by atoms with van der Waals surface area (Å²) in [4.78, 5) is 26.8. The van der Waals surface area contributed by atoms with E-state index in [2.05, 4.69) is 15.5 Å². The Bertz CT molecular complexity index is 1020. The Hall–Kier alpha value is -3.49. The molecule has 1 saturated heterocycles. The molecule has 1 aromatic carbocycles. The van der Waals surface area contributed by atoms with Gasteiger partial charge in [0.25, 0.3) is 11.8 Å². The van der Waals surface area contributed by atoms with Crippen molar-refractivity contribution in [1.82, 2.24) is 24.5 Å². The molecule has 1 aliphatic rings. The lowest BCUT2D eigenvalue weighted by atomic mass is 10.1. The Labute approximate surface area is 154 Å². The molecule has 27 heavy (non-hydrogen) atoms. The molecule has 1 fully saturated rings. The van der Waals surface area contributed by atoms with E-state index in [-0.39, 0.29) is 28.7 Å². The van der Waals surface area contributed by atoms with Gasteiger partial charge in [-0.15, -0.1) is 5.10 Å². The highest BCUT2D eigenvalue weighted by molar-refractivity contribution is 6.10. The molecule has 3 aromatic rings. The van der Waals surface area contributed by atoms with E-state index in [1.54, 1.807) is 42.4 Å². The Morgan fingerprint density at radius 3 is 2.67 bits per heavy atom. The van der Waals surface area contributed by atoms with Crippen molar-refractivity contribution >= 4 is 17.6 Å². The SMILES string of the molecule is Cn1ncc(C(=O)N2CCC2)c1C(=O)Nc1ccn(-c2ccccc2F)n1. The van der Waals surface area contributed by atoms with Crippen LogP contribution >= 0.6 is 0 Å². The minimum Gasteiger partial charge on any atom is -0.338 e. The first kappa shape index (κ1) is 17.0. The fraction of sp³-hybridized carbons (Fsp3) is 0.222. The van der Waals surface area contributed by atoms with Crippen LogP contribution in [-0.4, -0.2) is 49.4 Å². The minimum absolute atomic E-state index is 0.160. The first-order valence-corrected chi connectivity index (χ1v) is 8.48. The number of aromatic nitrogens is 4. The van der Waals surface area contributed by atoms with Crippen LogP contribution in [0.15, 0.2) is 42.7 Å². The van der Waals surface area contributed by atoms with Crippen LogP contribution in [0.2, 0.25) is 0 Å². The number of carbonyl (C=O) groups is 2. The fourth-order valence-electron chi connectivity index (χ4n) is 2.89. The average Bonchev–Trinajstić information content (AvgIpc) is 3.20. The standard InChI is InChI=1S/C18H17FN6O2/c1-23-16(12(11-20-23)18(27)24-8-4-9-24)17(26)21-15-7-10-25(22-15)14-6-3-2-5-13(14)19/h2-3,5-7,10-11H,4,8-9H2,1H3,(H,21,22,26). The first-order chi connectivity index (χ1) is 13.0. The normalized spacial score (nSPS) is 13.3. The summed E-state index contributed by atoms with van der Waals surface area (Å²) in [6.07, 6.45) is 3.90. The second kappa shape index (κ2) is 6.67. The van der Waals surface area contributed by atoms with Crippen LogP contribution in [0.4, 0.5) is 10.2 Å². The second-order valence-electron chi connectivity index (χ2n) is 6.23. The van der Waals surface area contributed by atoms with Crippen molar-refractivity contribution in [3.63, 3.8) is 0 Å². The number of rotatable bonds is 4. The number of carbonyl (C=O) groups excluding carboxylic acids is 2. The molecule has 0 radical (unpaired) electrons. The van der Waals surface area contributed by atoms with Gasteiger partial charge in [-0.25, -0.2) is 9.07 Å². The predicted octanol–water partition coefficient (Wildman–Crippen LogP) is 1.84. The van der Waals surface area contributed by atoms with Crippen LogP contribution in [0.25, 0.3) is 5.69 Å². The van der Waals surface area contributed by atoms with Crippen LogP contribution in [0.3, 0.4) is 0 Å². The molecule has 1 aliphatic heterocycles. The van der Waals surface area contributed by atoms with E-state index >= 15 is 0 Å². The van der Waals surface area contributed by atoms with Crippen molar-refractivity contribution in [3.05, 3.63) is 59.8 Å².